The van der Waals surface area contributed by atoms with E-state index in [1.54, 1.807) is 0 Å². The van der Waals surface area contributed by atoms with Crippen molar-refractivity contribution in [3.05, 3.63) is 29.8 Å². The number of aromatic amines is 1. The van der Waals surface area contributed by atoms with Gasteiger partial charge in [0.2, 0.25) is 5.82 Å². The highest BCUT2D eigenvalue weighted by Crippen LogP contribution is 2.60. The molecule has 4 fully saturated rings. The topological polar surface area (TPSA) is 74.8 Å². The van der Waals surface area contributed by atoms with Crippen molar-refractivity contribution in [1.29, 1.82) is 0 Å². The fourth-order valence-corrected chi connectivity index (χ4v) is 6.32. The van der Waals surface area contributed by atoms with Gasteiger partial charge in [-0.15, -0.1) is 10.2 Å². The van der Waals surface area contributed by atoms with Crippen LogP contribution in [0.3, 0.4) is 0 Å². The molecule has 0 saturated heterocycles. The van der Waals surface area contributed by atoms with E-state index in [0.717, 1.165) is 35.4 Å². The zero-order valence-electron chi connectivity index (χ0n) is 15.2. The number of aromatic nitrogens is 4. The summed E-state index contributed by atoms with van der Waals surface area (Å²) < 4.78 is 0. The quantitative estimate of drug-likeness (QED) is 0.918. The Kier molecular flexibility index (Phi) is 3.62. The maximum atomic E-state index is 12.9. The molecule has 0 aliphatic heterocycles. The third-order valence-corrected chi connectivity index (χ3v) is 6.82. The molecule has 6 heteroatoms. The second-order valence-corrected chi connectivity index (χ2v) is 8.89. The number of H-pyrrole nitrogens is 1. The van der Waals surface area contributed by atoms with Gasteiger partial charge in [-0.2, -0.15) is 5.21 Å². The minimum absolute atomic E-state index is 0.111. The van der Waals surface area contributed by atoms with E-state index >= 15 is 0 Å². The van der Waals surface area contributed by atoms with Gasteiger partial charge in [-0.05, 0) is 79.0 Å². The number of hydrogen-bond acceptors (Lipinski definition) is 4. The third-order valence-electron chi connectivity index (χ3n) is 6.82. The standard InChI is InChI=1S/C20H25N5O/c1-25(12-20-9-13-6-14(10-20)8-15(7-13)11-20)19(26)17-4-2-16(3-5-17)18-21-23-24-22-18/h2-5,13-15H,6-12H2,1H3,(H,21,22,23,24). The van der Waals surface area contributed by atoms with Crippen molar-refractivity contribution < 1.29 is 4.79 Å². The van der Waals surface area contributed by atoms with Crippen molar-refractivity contribution in [1.82, 2.24) is 25.5 Å². The van der Waals surface area contributed by atoms with Crippen molar-refractivity contribution >= 4 is 5.91 Å². The molecule has 1 amide bonds. The number of benzene rings is 1. The molecular weight excluding hydrogens is 326 g/mol. The number of carbonyl (C=O) groups excluding carboxylic acids is 1. The van der Waals surface area contributed by atoms with Crippen LogP contribution in [-0.4, -0.2) is 45.0 Å². The highest BCUT2D eigenvalue weighted by Gasteiger charge is 2.51. The molecule has 0 radical (unpaired) electrons. The average molecular weight is 351 g/mol. The largest absolute Gasteiger partial charge is 0.341 e. The van der Waals surface area contributed by atoms with Crippen molar-refractivity contribution in [2.75, 3.05) is 13.6 Å². The summed E-state index contributed by atoms with van der Waals surface area (Å²) in [6.45, 7) is 0.905. The summed E-state index contributed by atoms with van der Waals surface area (Å²) in [4.78, 5) is 14.9. The lowest BCUT2D eigenvalue weighted by Gasteiger charge is -2.57. The molecule has 0 unspecified atom stereocenters. The maximum absolute atomic E-state index is 12.9. The first kappa shape index (κ1) is 16.0. The van der Waals surface area contributed by atoms with Gasteiger partial charge >= 0.3 is 0 Å². The third kappa shape index (κ3) is 2.72. The summed E-state index contributed by atoms with van der Waals surface area (Å²) in [7, 11) is 1.97. The molecule has 4 aliphatic rings. The van der Waals surface area contributed by atoms with E-state index in [1.165, 1.54) is 38.5 Å². The highest BCUT2D eigenvalue weighted by atomic mass is 16.2. The SMILES string of the molecule is CN(CC12CC3CC(CC(C3)C1)C2)C(=O)c1ccc(-c2nn[nH]n2)cc1. The van der Waals surface area contributed by atoms with Crippen LogP contribution in [0.2, 0.25) is 0 Å². The molecule has 136 valence electrons. The highest BCUT2D eigenvalue weighted by molar-refractivity contribution is 5.94. The first-order chi connectivity index (χ1) is 12.6. The molecule has 26 heavy (non-hydrogen) atoms. The summed E-state index contributed by atoms with van der Waals surface area (Å²) in [6, 6.07) is 7.50. The minimum atomic E-state index is 0.111. The predicted octanol–water partition coefficient (Wildman–Crippen LogP) is 3.16. The molecule has 2 aromatic rings. The summed E-state index contributed by atoms with van der Waals surface area (Å²) in [5.74, 6) is 3.41. The molecule has 1 N–H and O–H groups in total. The van der Waals surface area contributed by atoms with Crippen LogP contribution in [0.1, 0.15) is 48.9 Å². The maximum Gasteiger partial charge on any atom is 0.253 e. The van der Waals surface area contributed by atoms with Gasteiger partial charge in [0, 0.05) is 24.7 Å². The van der Waals surface area contributed by atoms with Crippen molar-refractivity contribution in [3.8, 4) is 11.4 Å². The molecule has 1 aromatic heterocycles. The van der Waals surface area contributed by atoms with Crippen LogP contribution < -0.4 is 0 Å². The van der Waals surface area contributed by atoms with Crippen LogP contribution in [0.15, 0.2) is 24.3 Å². The Balaban J connectivity index is 1.30. The Bertz CT molecular complexity index is 763. The molecule has 4 aliphatic carbocycles. The Hall–Kier alpha value is -2.24. The number of carbonyl (C=O) groups is 1. The number of tetrazole rings is 1. The smallest absolute Gasteiger partial charge is 0.253 e. The molecule has 1 heterocycles. The molecule has 0 spiro atoms. The van der Waals surface area contributed by atoms with E-state index in [9.17, 15) is 4.79 Å². The van der Waals surface area contributed by atoms with E-state index in [-0.39, 0.29) is 5.91 Å². The lowest BCUT2D eigenvalue weighted by Crippen LogP contribution is -2.51. The molecule has 4 saturated carbocycles. The monoisotopic (exact) mass is 351 g/mol. The summed E-state index contributed by atoms with van der Waals surface area (Å²) >= 11 is 0. The van der Waals surface area contributed by atoms with E-state index in [4.69, 9.17) is 0 Å². The first-order valence-corrected chi connectivity index (χ1v) is 9.70. The molecular formula is C20H25N5O. The fourth-order valence-electron chi connectivity index (χ4n) is 6.32. The van der Waals surface area contributed by atoms with Crippen molar-refractivity contribution in [2.24, 2.45) is 23.2 Å². The Morgan fingerprint density at radius 1 is 1.12 bits per heavy atom. The summed E-state index contributed by atoms with van der Waals surface area (Å²) in [6.07, 6.45) is 8.30. The zero-order valence-corrected chi connectivity index (χ0v) is 15.2. The molecule has 6 rings (SSSR count). The first-order valence-electron chi connectivity index (χ1n) is 9.70. The predicted molar refractivity (Wildman–Crippen MR) is 97.2 cm³/mol. The van der Waals surface area contributed by atoms with Crippen molar-refractivity contribution in [2.45, 2.75) is 38.5 Å². The van der Waals surface area contributed by atoms with Crippen LogP contribution in [0.5, 0.6) is 0 Å². The average Bonchev–Trinajstić information content (AvgIpc) is 3.14. The number of nitrogens with one attached hydrogen (secondary N) is 1. The molecule has 0 atom stereocenters. The van der Waals surface area contributed by atoms with Gasteiger partial charge in [-0.25, -0.2) is 0 Å². The molecule has 1 aromatic carbocycles. The Labute approximate surface area is 153 Å². The minimum Gasteiger partial charge on any atom is -0.341 e. The molecule has 6 nitrogen and oxygen atoms in total. The van der Waals surface area contributed by atoms with E-state index < -0.39 is 0 Å². The zero-order chi connectivity index (χ0) is 17.7. The summed E-state index contributed by atoms with van der Waals surface area (Å²) in [5.41, 5.74) is 1.97. The molecule has 4 bridgehead atoms. The van der Waals surface area contributed by atoms with E-state index in [0.29, 0.717) is 11.2 Å². The van der Waals surface area contributed by atoms with Crippen LogP contribution in [0.25, 0.3) is 11.4 Å². The van der Waals surface area contributed by atoms with Gasteiger partial charge in [0.1, 0.15) is 0 Å². The van der Waals surface area contributed by atoms with Crippen LogP contribution in [0, 0.1) is 23.2 Å². The summed E-state index contributed by atoms with van der Waals surface area (Å²) in [5, 5.41) is 14.0. The van der Waals surface area contributed by atoms with Gasteiger partial charge in [0.15, 0.2) is 0 Å². The van der Waals surface area contributed by atoms with Gasteiger partial charge in [0.25, 0.3) is 5.91 Å². The second-order valence-electron chi connectivity index (χ2n) is 8.89. The van der Waals surface area contributed by atoms with Gasteiger partial charge in [-0.1, -0.05) is 12.1 Å². The number of rotatable bonds is 4. The van der Waals surface area contributed by atoms with Gasteiger partial charge in [0.05, 0.1) is 0 Å². The Morgan fingerprint density at radius 2 is 1.73 bits per heavy atom. The van der Waals surface area contributed by atoms with Gasteiger partial charge < -0.3 is 4.90 Å². The van der Waals surface area contributed by atoms with Crippen LogP contribution >= 0.6 is 0 Å². The lowest BCUT2D eigenvalue weighted by atomic mass is 9.49. The normalized spacial score (nSPS) is 32.0. The lowest BCUT2D eigenvalue weighted by molar-refractivity contribution is -0.0629. The number of nitrogens with zero attached hydrogens (tertiary/aromatic N) is 4. The Morgan fingerprint density at radius 3 is 2.27 bits per heavy atom. The van der Waals surface area contributed by atoms with E-state index in [2.05, 4.69) is 20.6 Å². The van der Waals surface area contributed by atoms with Crippen LogP contribution in [-0.2, 0) is 0 Å². The number of amides is 1. The van der Waals surface area contributed by atoms with Crippen LogP contribution in [0.4, 0.5) is 0 Å². The van der Waals surface area contributed by atoms with Crippen molar-refractivity contribution in [3.63, 3.8) is 0 Å². The van der Waals surface area contributed by atoms with Gasteiger partial charge in [-0.3, -0.25) is 4.79 Å². The number of hydrogen-bond donors (Lipinski definition) is 1. The second kappa shape index (κ2) is 5.89. The fraction of sp³-hybridized carbons (Fsp3) is 0.600. The van der Waals surface area contributed by atoms with E-state index in [1.807, 2.05) is 36.2 Å².